The fraction of sp³-hybridized carbons (Fsp3) is 0.250. The lowest BCUT2D eigenvalue weighted by Crippen LogP contribution is -2.27. The molecule has 0 aliphatic heterocycles. The average molecular weight is 317 g/mol. The minimum Gasteiger partial charge on any atom is -0.480 e. The number of carboxylic acid groups (broad SMARTS) is 1. The molecule has 2 rings (SSSR count). The third kappa shape index (κ3) is 3.69. The van der Waals surface area contributed by atoms with Gasteiger partial charge in [0, 0.05) is 7.05 Å². The Morgan fingerprint density at radius 1 is 1.43 bits per heavy atom. The van der Waals surface area contributed by atoms with Crippen LogP contribution in [0.5, 0.6) is 0 Å². The topological polar surface area (TPSA) is 66.3 Å². The highest BCUT2D eigenvalue weighted by Gasteiger charge is 2.34. The minimum atomic E-state index is -4.63. The van der Waals surface area contributed by atoms with Crippen LogP contribution in [-0.2, 0) is 11.0 Å². The number of aromatic nitrogens is 2. The molecule has 0 fully saturated rings. The Bertz CT molecular complexity index is 644. The summed E-state index contributed by atoms with van der Waals surface area (Å²) in [4.78, 5) is 19.7. The van der Waals surface area contributed by atoms with Crippen LogP contribution >= 0.6 is 11.3 Å². The molecule has 112 valence electrons. The predicted octanol–water partition coefficient (Wildman–Crippen LogP) is 2.74. The molecule has 5 nitrogen and oxygen atoms in total. The van der Waals surface area contributed by atoms with Gasteiger partial charge >= 0.3 is 12.1 Å². The minimum absolute atomic E-state index is 0.111. The van der Waals surface area contributed by atoms with E-state index in [1.807, 2.05) is 0 Å². The Hall–Kier alpha value is -2.16. The summed E-state index contributed by atoms with van der Waals surface area (Å²) in [5.41, 5.74) is -0.993. The van der Waals surface area contributed by atoms with Gasteiger partial charge in [0.25, 0.3) is 0 Å². The highest BCUT2D eigenvalue weighted by Crippen LogP contribution is 2.32. The van der Waals surface area contributed by atoms with Crippen LogP contribution in [0.4, 0.5) is 19.1 Å². The van der Waals surface area contributed by atoms with Gasteiger partial charge in [0.1, 0.15) is 6.54 Å². The van der Waals surface area contributed by atoms with Crippen molar-refractivity contribution in [3.8, 4) is 10.6 Å². The van der Waals surface area contributed by atoms with Gasteiger partial charge in [-0.25, -0.2) is 9.97 Å². The van der Waals surface area contributed by atoms with E-state index >= 15 is 0 Å². The molecule has 0 radical (unpaired) electrons. The van der Waals surface area contributed by atoms with Gasteiger partial charge < -0.3 is 10.0 Å². The maximum absolute atomic E-state index is 12.9. The van der Waals surface area contributed by atoms with E-state index in [4.69, 9.17) is 5.11 Å². The van der Waals surface area contributed by atoms with Gasteiger partial charge in [-0.3, -0.25) is 4.79 Å². The van der Waals surface area contributed by atoms with Gasteiger partial charge in [0.2, 0.25) is 5.95 Å². The number of aliphatic carboxylic acids is 1. The highest BCUT2D eigenvalue weighted by molar-refractivity contribution is 7.13. The Morgan fingerprint density at radius 3 is 2.67 bits per heavy atom. The number of hydrogen-bond donors (Lipinski definition) is 1. The third-order valence-corrected chi connectivity index (χ3v) is 3.38. The number of hydrogen-bond acceptors (Lipinski definition) is 5. The molecule has 0 aromatic carbocycles. The number of alkyl halides is 3. The highest BCUT2D eigenvalue weighted by atomic mass is 32.1. The summed E-state index contributed by atoms with van der Waals surface area (Å²) in [5, 5.41) is 10.4. The van der Waals surface area contributed by atoms with E-state index in [2.05, 4.69) is 9.97 Å². The van der Waals surface area contributed by atoms with E-state index in [1.54, 1.807) is 17.5 Å². The Kier molecular flexibility index (Phi) is 4.12. The van der Waals surface area contributed by atoms with Crippen LogP contribution in [0.2, 0.25) is 0 Å². The second kappa shape index (κ2) is 5.68. The van der Waals surface area contributed by atoms with Gasteiger partial charge in [-0.15, -0.1) is 11.3 Å². The maximum Gasteiger partial charge on any atom is 0.433 e. The largest absolute Gasteiger partial charge is 0.480 e. The molecule has 21 heavy (non-hydrogen) atoms. The Balaban J connectivity index is 2.50. The first kappa shape index (κ1) is 15.2. The molecule has 0 aliphatic carbocycles. The van der Waals surface area contributed by atoms with Crippen LogP contribution in [0.25, 0.3) is 10.6 Å². The van der Waals surface area contributed by atoms with E-state index in [-0.39, 0.29) is 11.6 Å². The van der Waals surface area contributed by atoms with E-state index in [0.29, 0.717) is 4.88 Å². The summed E-state index contributed by atoms with van der Waals surface area (Å²) >= 11 is 1.24. The van der Waals surface area contributed by atoms with Crippen molar-refractivity contribution < 1.29 is 23.1 Å². The van der Waals surface area contributed by atoms with Gasteiger partial charge in [-0.1, -0.05) is 6.07 Å². The first-order valence-corrected chi connectivity index (χ1v) is 6.58. The molecule has 0 saturated carbocycles. The fourth-order valence-electron chi connectivity index (χ4n) is 1.57. The average Bonchev–Trinajstić information content (AvgIpc) is 2.90. The zero-order valence-corrected chi connectivity index (χ0v) is 11.6. The predicted molar refractivity (Wildman–Crippen MR) is 71.3 cm³/mol. The summed E-state index contributed by atoms with van der Waals surface area (Å²) in [6.07, 6.45) is -4.63. The summed E-state index contributed by atoms with van der Waals surface area (Å²) in [7, 11) is 1.32. The molecule has 0 spiro atoms. The van der Waals surface area contributed by atoms with Crippen molar-refractivity contribution in [2.75, 3.05) is 18.5 Å². The standard InChI is InChI=1S/C12H10F3N3O2S/c1-18(6-10(19)20)11-16-7(8-3-2-4-21-8)5-9(17-11)12(13,14)15/h2-5H,6H2,1H3,(H,19,20). The van der Waals surface area contributed by atoms with Crippen LogP contribution in [-0.4, -0.2) is 34.6 Å². The molecule has 2 heterocycles. The van der Waals surface area contributed by atoms with Crippen molar-refractivity contribution in [1.82, 2.24) is 9.97 Å². The Morgan fingerprint density at radius 2 is 2.14 bits per heavy atom. The zero-order chi connectivity index (χ0) is 15.6. The van der Waals surface area contributed by atoms with Gasteiger partial charge in [0.05, 0.1) is 10.6 Å². The lowest BCUT2D eigenvalue weighted by molar-refractivity contribution is -0.141. The molecular formula is C12H10F3N3O2S. The molecule has 9 heteroatoms. The molecule has 2 aromatic rings. The number of thiophene rings is 1. The molecule has 0 aliphatic rings. The zero-order valence-electron chi connectivity index (χ0n) is 10.8. The quantitative estimate of drug-likeness (QED) is 0.939. The number of halogens is 3. The summed E-state index contributed by atoms with van der Waals surface area (Å²) in [6, 6.07) is 4.17. The van der Waals surface area contributed by atoms with Gasteiger partial charge in [0.15, 0.2) is 5.69 Å². The van der Waals surface area contributed by atoms with E-state index in [1.165, 1.54) is 18.4 Å². The van der Waals surface area contributed by atoms with Crippen LogP contribution in [0.1, 0.15) is 5.69 Å². The molecule has 0 saturated heterocycles. The molecule has 0 amide bonds. The third-order valence-electron chi connectivity index (χ3n) is 2.49. The molecule has 0 bridgehead atoms. The number of carbonyl (C=O) groups is 1. The molecule has 2 aromatic heterocycles. The van der Waals surface area contributed by atoms with Crippen LogP contribution in [0.3, 0.4) is 0 Å². The molecular weight excluding hydrogens is 307 g/mol. The van der Waals surface area contributed by atoms with Crippen molar-refractivity contribution in [2.24, 2.45) is 0 Å². The smallest absolute Gasteiger partial charge is 0.433 e. The van der Waals surface area contributed by atoms with Crippen molar-refractivity contribution in [1.29, 1.82) is 0 Å². The number of carboxylic acids is 1. The molecule has 1 N–H and O–H groups in total. The fourth-order valence-corrected chi connectivity index (χ4v) is 2.26. The second-order valence-corrected chi connectivity index (χ2v) is 5.11. The van der Waals surface area contributed by atoms with Crippen molar-refractivity contribution in [3.05, 3.63) is 29.3 Å². The maximum atomic E-state index is 12.9. The normalized spacial score (nSPS) is 11.4. The number of rotatable bonds is 4. The molecule has 0 unspecified atom stereocenters. The number of likely N-dealkylation sites (N-methyl/N-ethyl adjacent to an activating group) is 1. The monoisotopic (exact) mass is 317 g/mol. The first-order chi connectivity index (χ1) is 9.77. The number of anilines is 1. The first-order valence-electron chi connectivity index (χ1n) is 5.70. The van der Waals surface area contributed by atoms with Crippen LogP contribution < -0.4 is 4.90 Å². The van der Waals surface area contributed by atoms with Gasteiger partial charge in [-0.05, 0) is 17.5 Å². The number of nitrogens with zero attached hydrogens (tertiary/aromatic N) is 3. The summed E-state index contributed by atoms with van der Waals surface area (Å²) in [5.74, 6) is -1.47. The molecule has 0 atom stereocenters. The Labute approximate surface area is 121 Å². The van der Waals surface area contributed by atoms with E-state index in [9.17, 15) is 18.0 Å². The van der Waals surface area contributed by atoms with E-state index < -0.39 is 24.4 Å². The summed E-state index contributed by atoms with van der Waals surface area (Å²) < 4.78 is 38.7. The second-order valence-electron chi connectivity index (χ2n) is 4.16. The van der Waals surface area contributed by atoms with Crippen LogP contribution in [0, 0.1) is 0 Å². The van der Waals surface area contributed by atoms with Crippen molar-refractivity contribution in [2.45, 2.75) is 6.18 Å². The van der Waals surface area contributed by atoms with E-state index in [0.717, 1.165) is 11.0 Å². The van der Waals surface area contributed by atoms with Crippen molar-refractivity contribution >= 4 is 23.3 Å². The van der Waals surface area contributed by atoms with Crippen molar-refractivity contribution in [3.63, 3.8) is 0 Å². The summed E-state index contributed by atoms with van der Waals surface area (Å²) in [6.45, 7) is -0.495. The lowest BCUT2D eigenvalue weighted by Gasteiger charge is -2.17. The van der Waals surface area contributed by atoms with Crippen LogP contribution in [0.15, 0.2) is 23.6 Å². The SMILES string of the molecule is CN(CC(=O)O)c1nc(-c2cccs2)cc(C(F)(F)F)n1. The van der Waals surface area contributed by atoms with Gasteiger partial charge in [-0.2, -0.15) is 13.2 Å². The lowest BCUT2D eigenvalue weighted by atomic mass is 10.2.